The number of halogens is 1. The number of urea groups is 1. The van der Waals surface area contributed by atoms with Crippen LogP contribution in [0.15, 0.2) is 91.1 Å². The number of nitrogens with zero attached hydrogens (tertiary/aromatic N) is 3. The smallest absolute Gasteiger partial charge is 0.338 e. The normalized spacial score (nSPS) is 13.6. The molecule has 4 aromatic rings. The molecule has 0 spiro atoms. The summed E-state index contributed by atoms with van der Waals surface area (Å²) in [5.74, 6) is -0.632. The average Bonchev–Trinajstić information content (AvgIpc) is 3.49. The van der Waals surface area contributed by atoms with E-state index < -0.39 is 18.0 Å². The summed E-state index contributed by atoms with van der Waals surface area (Å²) in [6, 6.07) is 25.0. The molecule has 3 aromatic carbocycles. The van der Waals surface area contributed by atoms with Crippen LogP contribution < -0.4 is 10.2 Å². The Morgan fingerprint density at radius 1 is 0.905 bits per heavy atom. The van der Waals surface area contributed by atoms with E-state index in [-0.39, 0.29) is 19.1 Å². The third-order valence-corrected chi connectivity index (χ3v) is 7.47. The fourth-order valence-electron chi connectivity index (χ4n) is 5.17. The summed E-state index contributed by atoms with van der Waals surface area (Å²) in [5.41, 5.74) is 4.42. The minimum atomic E-state index is -0.422. The first-order valence-corrected chi connectivity index (χ1v) is 14.5. The summed E-state index contributed by atoms with van der Waals surface area (Å²) >= 11 is 6.21. The Hall–Kier alpha value is -4.56. The van der Waals surface area contributed by atoms with E-state index in [1.54, 1.807) is 41.0 Å². The molecule has 1 aliphatic rings. The number of aromatic nitrogens is 1. The van der Waals surface area contributed by atoms with E-state index >= 15 is 0 Å². The number of hydrogen-bond acceptors (Lipinski definition) is 4. The fourth-order valence-corrected chi connectivity index (χ4v) is 5.30. The molecule has 1 aromatic heterocycles. The molecule has 216 valence electrons. The van der Waals surface area contributed by atoms with Crippen molar-refractivity contribution < 1.29 is 19.1 Å². The number of nitrogens with one attached hydrogen (secondary N) is 1. The van der Waals surface area contributed by atoms with Gasteiger partial charge in [-0.05, 0) is 79.6 Å². The van der Waals surface area contributed by atoms with Crippen molar-refractivity contribution in [3.8, 4) is 5.69 Å². The topological polar surface area (TPSA) is 83.9 Å². The monoisotopic (exact) mass is 584 g/mol. The van der Waals surface area contributed by atoms with Gasteiger partial charge in [0, 0.05) is 23.5 Å². The van der Waals surface area contributed by atoms with Crippen LogP contribution in [0.1, 0.15) is 54.3 Å². The largest absolute Gasteiger partial charge is 0.462 e. The van der Waals surface area contributed by atoms with Gasteiger partial charge in [0.1, 0.15) is 12.6 Å². The van der Waals surface area contributed by atoms with Gasteiger partial charge in [-0.25, -0.2) is 9.59 Å². The van der Waals surface area contributed by atoms with E-state index in [4.69, 9.17) is 16.3 Å². The highest BCUT2D eigenvalue weighted by Crippen LogP contribution is 2.42. The van der Waals surface area contributed by atoms with Gasteiger partial charge >= 0.3 is 12.0 Å². The number of esters is 1. The van der Waals surface area contributed by atoms with Crippen molar-refractivity contribution in [2.75, 3.05) is 29.9 Å². The zero-order valence-corrected chi connectivity index (χ0v) is 24.4. The Kier molecular flexibility index (Phi) is 8.93. The number of benzene rings is 3. The van der Waals surface area contributed by atoms with Gasteiger partial charge in [-0.15, -0.1) is 0 Å². The maximum atomic E-state index is 14.3. The van der Waals surface area contributed by atoms with Crippen molar-refractivity contribution in [3.05, 3.63) is 113 Å². The minimum Gasteiger partial charge on any atom is -0.462 e. The summed E-state index contributed by atoms with van der Waals surface area (Å²) in [4.78, 5) is 43.1. The van der Waals surface area contributed by atoms with Crippen LogP contribution in [-0.4, -0.2) is 47.1 Å². The highest BCUT2D eigenvalue weighted by Gasteiger charge is 2.37. The van der Waals surface area contributed by atoms with Crippen LogP contribution in [0.3, 0.4) is 0 Å². The van der Waals surface area contributed by atoms with E-state index in [1.165, 1.54) is 0 Å². The molecule has 0 radical (unpaired) electrons. The lowest BCUT2D eigenvalue weighted by Crippen LogP contribution is -2.48. The molecule has 1 atom stereocenters. The molecule has 0 saturated heterocycles. The molecule has 0 saturated carbocycles. The van der Waals surface area contributed by atoms with Gasteiger partial charge in [0.25, 0.3) is 0 Å². The lowest BCUT2D eigenvalue weighted by Gasteiger charge is -2.39. The molecular weight excluding hydrogens is 552 g/mol. The summed E-state index contributed by atoms with van der Waals surface area (Å²) in [7, 11) is 0. The lowest BCUT2D eigenvalue weighted by molar-refractivity contribution is -0.119. The molecule has 0 unspecified atom stereocenters. The van der Waals surface area contributed by atoms with Crippen LogP contribution in [0.25, 0.3) is 5.69 Å². The third-order valence-electron chi connectivity index (χ3n) is 7.22. The number of ether oxygens (including phenoxy) is 1. The highest BCUT2D eigenvalue weighted by atomic mass is 35.5. The summed E-state index contributed by atoms with van der Waals surface area (Å²) < 4.78 is 7.13. The predicted molar refractivity (Wildman–Crippen MR) is 164 cm³/mol. The second kappa shape index (κ2) is 13.0. The quantitative estimate of drug-likeness (QED) is 0.213. The number of carbonyl (C=O) groups excluding carboxylic acids is 3. The van der Waals surface area contributed by atoms with Crippen molar-refractivity contribution in [2.24, 2.45) is 0 Å². The summed E-state index contributed by atoms with van der Waals surface area (Å²) in [6.45, 7) is 4.36. The molecule has 3 amide bonds. The van der Waals surface area contributed by atoms with Gasteiger partial charge in [0.05, 0.1) is 29.2 Å². The third kappa shape index (κ3) is 6.04. The molecule has 0 aliphatic carbocycles. The summed E-state index contributed by atoms with van der Waals surface area (Å²) in [6.07, 6.45) is 3.59. The zero-order valence-electron chi connectivity index (χ0n) is 23.6. The maximum Gasteiger partial charge on any atom is 0.338 e. The van der Waals surface area contributed by atoms with Gasteiger partial charge < -0.3 is 19.5 Å². The highest BCUT2D eigenvalue weighted by molar-refractivity contribution is 6.30. The first-order chi connectivity index (χ1) is 20.4. The van der Waals surface area contributed by atoms with E-state index in [2.05, 4.69) is 9.88 Å². The molecular formula is C33H33ClN4O4. The van der Waals surface area contributed by atoms with Crippen molar-refractivity contribution in [1.82, 2.24) is 9.47 Å². The number of anilines is 2. The molecule has 1 N–H and O–H groups in total. The zero-order chi connectivity index (χ0) is 29.6. The first kappa shape index (κ1) is 29.0. The second-order valence-electron chi connectivity index (χ2n) is 10.0. The van der Waals surface area contributed by atoms with Gasteiger partial charge in [-0.3, -0.25) is 9.69 Å². The van der Waals surface area contributed by atoms with Crippen LogP contribution in [0.4, 0.5) is 16.2 Å². The predicted octanol–water partition coefficient (Wildman–Crippen LogP) is 7.08. The molecule has 5 rings (SSSR count). The van der Waals surface area contributed by atoms with Gasteiger partial charge in [0.15, 0.2) is 0 Å². The fraction of sp³-hybridized carbons (Fsp3) is 0.242. The van der Waals surface area contributed by atoms with Gasteiger partial charge in [0.2, 0.25) is 5.91 Å². The molecule has 8 nitrogen and oxygen atoms in total. The van der Waals surface area contributed by atoms with Gasteiger partial charge in [-0.1, -0.05) is 49.2 Å². The molecule has 42 heavy (non-hydrogen) atoms. The molecule has 1 aliphatic heterocycles. The van der Waals surface area contributed by atoms with Crippen LogP contribution in [0, 0.1) is 0 Å². The van der Waals surface area contributed by atoms with E-state index in [9.17, 15) is 14.4 Å². The van der Waals surface area contributed by atoms with Crippen LogP contribution >= 0.6 is 11.6 Å². The number of para-hydroxylation sites is 2. The second-order valence-corrected chi connectivity index (χ2v) is 10.4. The molecule has 0 fully saturated rings. The van der Waals surface area contributed by atoms with Gasteiger partial charge in [-0.2, -0.15) is 0 Å². The first-order valence-electron chi connectivity index (χ1n) is 14.1. The lowest BCUT2D eigenvalue weighted by atomic mass is 9.97. The van der Waals surface area contributed by atoms with E-state index in [1.807, 2.05) is 73.8 Å². The molecule has 0 bridgehead atoms. The Balaban J connectivity index is 1.43. The maximum absolute atomic E-state index is 14.3. The number of fused-ring (bicyclic) bond motifs is 3. The number of amides is 3. The number of rotatable bonds is 9. The number of hydrogen-bond donors (Lipinski definition) is 1. The van der Waals surface area contributed by atoms with Crippen molar-refractivity contribution >= 4 is 40.9 Å². The molecule has 2 heterocycles. The van der Waals surface area contributed by atoms with Crippen molar-refractivity contribution in [1.29, 1.82) is 0 Å². The Labute approximate surface area is 250 Å². The number of unbranched alkanes of at least 4 members (excludes halogenated alkanes) is 1. The number of carbonyl (C=O) groups is 3. The Morgan fingerprint density at radius 3 is 2.31 bits per heavy atom. The standard InChI is InChI=1S/C33H33ClN4O4/c1-3-5-20-36(33(41)35-26-18-14-24(15-19-26)32(40)42-4-2)22-30(39)38-28-10-7-6-9-27(28)37-21-8-11-29(37)31(38)23-12-16-25(34)17-13-23/h6-19,21,31H,3-5,20,22H2,1-2H3,(H,35,41)/t31-/m1/s1. The molecule has 9 heteroatoms. The minimum absolute atomic E-state index is 0.119. The Morgan fingerprint density at radius 2 is 1.62 bits per heavy atom. The van der Waals surface area contributed by atoms with Crippen molar-refractivity contribution in [3.63, 3.8) is 0 Å². The summed E-state index contributed by atoms with van der Waals surface area (Å²) in [5, 5.41) is 3.49. The van der Waals surface area contributed by atoms with Crippen LogP contribution in [0.2, 0.25) is 5.02 Å². The van der Waals surface area contributed by atoms with E-state index in [0.717, 1.165) is 35.5 Å². The Bertz CT molecular complexity index is 1570. The van der Waals surface area contributed by atoms with E-state index in [0.29, 0.717) is 22.8 Å². The SMILES string of the molecule is CCCCN(CC(=O)N1c2ccccc2-n2cccc2[C@H]1c1ccc(Cl)cc1)C(=O)Nc1ccc(C(=O)OCC)cc1. The van der Waals surface area contributed by atoms with Crippen LogP contribution in [-0.2, 0) is 9.53 Å². The van der Waals surface area contributed by atoms with Crippen molar-refractivity contribution in [2.45, 2.75) is 32.7 Å². The average molecular weight is 585 g/mol. The van der Waals surface area contributed by atoms with Crippen LogP contribution in [0.5, 0.6) is 0 Å².